The molecule has 0 fully saturated rings. The number of ether oxygens (including phenoxy) is 2. The van der Waals surface area contributed by atoms with Crippen molar-refractivity contribution in [3.05, 3.63) is 57.6 Å². The van der Waals surface area contributed by atoms with Gasteiger partial charge in [0.1, 0.15) is 12.3 Å². The third-order valence-corrected chi connectivity index (χ3v) is 4.63. The highest BCUT2D eigenvalue weighted by molar-refractivity contribution is 6.02. The fraction of sp³-hybridized carbons (Fsp3) is 0.250. The lowest BCUT2D eigenvalue weighted by Gasteiger charge is -2.28. The average molecular weight is 413 g/mol. The van der Waals surface area contributed by atoms with Crippen molar-refractivity contribution >= 4 is 34.8 Å². The third-order valence-electron chi connectivity index (χ3n) is 4.63. The molecule has 30 heavy (non-hydrogen) atoms. The Kier molecular flexibility index (Phi) is 5.95. The van der Waals surface area contributed by atoms with Gasteiger partial charge in [-0.15, -0.1) is 0 Å². The number of nitrogens with zero attached hydrogens (tertiary/aromatic N) is 2. The largest absolute Gasteiger partial charge is 0.482 e. The number of amides is 2. The molecule has 1 heterocycles. The predicted molar refractivity (Wildman–Crippen MR) is 106 cm³/mol. The van der Waals surface area contributed by atoms with Crippen LogP contribution >= 0.6 is 0 Å². The summed E-state index contributed by atoms with van der Waals surface area (Å²) in [4.78, 5) is 47.9. The van der Waals surface area contributed by atoms with Gasteiger partial charge in [0.2, 0.25) is 0 Å². The first-order chi connectivity index (χ1) is 14.3. The second kappa shape index (κ2) is 8.60. The van der Waals surface area contributed by atoms with E-state index in [2.05, 4.69) is 5.32 Å². The van der Waals surface area contributed by atoms with Crippen molar-refractivity contribution in [2.45, 2.75) is 13.8 Å². The van der Waals surface area contributed by atoms with Gasteiger partial charge in [-0.2, -0.15) is 0 Å². The molecular formula is C20H19N3O7. The Hall–Kier alpha value is -3.95. The minimum atomic E-state index is -0.834. The lowest BCUT2D eigenvalue weighted by Crippen LogP contribution is -2.42. The second-order valence-electron chi connectivity index (χ2n) is 6.63. The van der Waals surface area contributed by atoms with Crippen molar-refractivity contribution in [1.29, 1.82) is 0 Å². The topological polar surface area (TPSA) is 128 Å². The maximum absolute atomic E-state index is 12.2. The van der Waals surface area contributed by atoms with E-state index in [-0.39, 0.29) is 23.7 Å². The van der Waals surface area contributed by atoms with Crippen LogP contribution < -0.4 is 15.0 Å². The lowest BCUT2D eigenvalue weighted by atomic mass is 10.1. The van der Waals surface area contributed by atoms with E-state index in [4.69, 9.17) is 9.47 Å². The molecule has 0 bridgehead atoms. The Labute approximate surface area is 171 Å². The number of carbonyl (C=O) groups is 3. The second-order valence-corrected chi connectivity index (χ2v) is 6.63. The molecule has 1 N–H and O–H groups in total. The molecular weight excluding hydrogens is 394 g/mol. The van der Waals surface area contributed by atoms with Crippen molar-refractivity contribution in [3.63, 3.8) is 0 Å². The van der Waals surface area contributed by atoms with Crippen LogP contribution in [0.3, 0.4) is 0 Å². The molecule has 0 saturated heterocycles. The van der Waals surface area contributed by atoms with Gasteiger partial charge < -0.3 is 14.8 Å². The molecule has 0 unspecified atom stereocenters. The van der Waals surface area contributed by atoms with E-state index in [9.17, 15) is 24.5 Å². The summed E-state index contributed by atoms with van der Waals surface area (Å²) in [5.74, 6) is -1.68. The number of carbonyl (C=O) groups excluding carboxylic acids is 3. The number of nitrogens with one attached hydrogen (secondary N) is 1. The van der Waals surface area contributed by atoms with Crippen LogP contribution in [0.5, 0.6) is 5.75 Å². The molecule has 2 aromatic carbocycles. The average Bonchev–Trinajstić information content (AvgIpc) is 2.71. The predicted octanol–water partition coefficient (Wildman–Crippen LogP) is 2.12. The number of nitro groups is 1. The highest BCUT2D eigenvalue weighted by atomic mass is 16.6. The van der Waals surface area contributed by atoms with Gasteiger partial charge in [0, 0.05) is 17.8 Å². The number of anilines is 2. The van der Waals surface area contributed by atoms with E-state index in [1.807, 2.05) is 19.9 Å². The summed E-state index contributed by atoms with van der Waals surface area (Å²) in [7, 11) is 0. The number of nitro benzene ring substituents is 1. The minimum Gasteiger partial charge on any atom is -0.482 e. The van der Waals surface area contributed by atoms with E-state index < -0.39 is 35.9 Å². The van der Waals surface area contributed by atoms with Crippen LogP contribution in [0.15, 0.2) is 36.4 Å². The monoisotopic (exact) mass is 413 g/mol. The van der Waals surface area contributed by atoms with Crippen LogP contribution in [0.2, 0.25) is 0 Å². The molecule has 156 valence electrons. The van der Waals surface area contributed by atoms with Gasteiger partial charge in [0.15, 0.2) is 13.2 Å². The number of non-ortho nitro benzene ring substituents is 1. The number of hydrogen-bond acceptors (Lipinski definition) is 7. The fourth-order valence-corrected chi connectivity index (χ4v) is 2.87. The van der Waals surface area contributed by atoms with Crippen LogP contribution in [0.1, 0.15) is 11.1 Å². The van der Waals surface area contributed by atoms with Crippen LogP contribution in [0.25, 0.3) is 0 Å². The van der Waals surface area contributed by atoms with Gasteiger partial charge in [-0.05, 0) is 37.1 Å². The van der Waals surface area contributed by atoms with E-state index in [0.29, 0.717) is 5.69 Å². The summed E-state index contributed by atoms with van der Waals surface area (Å²) in [6.45, 7) is 2.41. The van der Waals surface area contributed by atoms with Crippen LogP contribution in [0.4, 0.5) is 17.1 Å². The molecule has 10 nitrogen and oxygen atoms in total. The lowest BCUT2D eigenvalue weighted by molar-refractivity contribution is -0.384. The quantitative estimate of drug-likeness (QED) is 0.436. The molecule has 0 radical (unpaired) electrons. The molecule has 0 spiro atoms. The zero-order valence-corrected chi connectivity index (χ0v) is 16.3. The maximum Gasteiger partial charge on any atom is 0.326 e. The van der Waals surface area contributed by atoms with Crippen molar-refractivity contribution < 1.29 is 28.8 Å². The number of benzene rings is 2. The molecule has 0 saturated carbocycles. The normalized spacial score (nSPS) is 12.6. The van der Waals surface area contributed by atoms with Crippen LogP contribution in [0, 0.1) is 24.0 Å². The number of rotatable bonds is 6. The van der Waals surface area contributed by atoms with Gasteiger partial charge in [-0.25, -0.2) is 0 Å². The van der Waals surface area contributed by atoms with Crippen LogP contribution in [-0.4, -0.2) is 42.5 Å². The Bertz CT molecular complexity index is 1040. The van der Waals surface area contributed by atoms with Gasteiger partial charge in [0.25, 0.3) is 17.5 Å². The van der Waals surface area contributed by atoms with Gasteiger partial charge in [0.05, 0.1) is 10.6 Å². The summed E-state index contributed by atoms with van der Waals surface area (Å²) in [6, 6.07) is 9.18. The molecule has 2 aromatic rings. The summed E-state index contributed by atoms with van der Waals surface area (Å²) < 4.78 is 10.2. The zero-order chi connectivity index (χ0) is 21.8. The van der Waals surface area contributed by atoms with Gasteiger partial charge in [-0.1, -0.05) is 12.1 Å². The standard InChI is InChI=1S/C20H19N3O7/c1-12-4-3-5-15(13(12)2)21-18(24)10-30-20(26)9-22-16-8-14(23(27)28)6-7-17(16)29-11-19(22)25/h3-8H,9-11H2,1-2H3,(H,21,24). The smallest absolute Gasteiger partial charge is 0.326 e. The molecule has 3 rings (SSSR count). The number of esters is 1. The minimum absolute atomic E-state index is 0.0947. The van der Waals surface area contributed by atoms with Gasteiger partial charge in [-0.3, -0.25) is 29.4 Å². The summed E-state index contributed by atoms with van der Waals surface area (Å²) in [5.41, 5.74) is 2.36. The van der Waals surface area contributed by atoms with Crippen LogP contribution in [-0.2, 0) is 19.1 Å². The van der Waals surface area contributed by atoms with E-state index >= 15 is 0 Å². The first kappa shape index (κ1) is 20.8. The molecule has 0 aromatic heterocycles. The fourth-order valence-electron chi connectivity index (χ4n) is 2.87. The molecule has 0 aliphatic carbocycles. The summed E-state index contributed by atoms with van der Waals surface area (Å²) in [6.07, 6.45) is 0. The van der Waals surface area contributed by atoms with Crippen molar-refractivity contribution in [2.75, 3.05) is 30.0 Å². The number of fused-ring (bicyclic) bond motifs is 1. The Balaban J connectivity index is 1.63. The maximum atomic E-state index is 12.2. The molecule has 10 heteroatoms. The third kappa shape index (κ3) is 4.54. The van der Waals surface area contributed by atoms with Crippen molar-refractivity contribution in [1.82, 2.24) is 0 Å². The summed E-state index contributed by atoms with van der Waals surface area (Å²) in [5, 5.41) is 13.7. The Morgan fingerprint density at radius 1 is 1.27 bits per heavy atom. The van der Waals surface area contributed by atoms with E-state index in [1.54, 1.807) is 12.1 Å². The summed E-state index contributed by atoms with van der Waals surface area (Å²) >= 11 is 0. The molecule has 0 atom stereocenters. The first-order valence-electron chi connectivity index (χ1n) is 8.99. The molecule has 2 amide bonds. The zero-order valence-electron chi connectivity index (χ0n) is 16.3. The van der Waals surface area contributed by atoms with Gasteiger partial charge >= 0.3 is 5.97 Å². The van der Waals surface area contributed by atoms with E-state index in [1.165, 1.54) is 12.1 Å². The Morgan fingerprint density at radius 2 is 2.03 bits per heavy atom. The molecule has 1 aliphatic rings. The highest BCUT2D eigenvalue weighted by Gasteiger charge is 2.29. The first-order valence-corrected chi connectivity index (χ1v) is 8.99. The Morgan fingerprint density at radius 3 is 2.77 bits per heavy atom. The van der Waals surface area contributed by atoms with Crippen molar-refractivity contribution in [2.24, 2.45) is 0 Å². The molecule has 1 aliphatic heterocycles. The number of hydrogen-bond donors (Lipinski definition) is 1. The SMILES string of the molecule is Cc1cccc(NC(=O)COC(=O)CN2C(=O)COc3ccc([N+](=O)[O-])cc32)c1C. The highest BCUT2D eigenvalue weighted by Crippen LogP contribution is 2.35. The number of aryl methyl sites for hydroxylation is 1. The van der Waals surface area contributed by atoms with E-state index in [0.717, 1.165) is 22.1 Å². The van der Waals surface area contributed by atoms with Crippen molar-refractivity contribution in [3.8, 4) is 5.75 Å².